The lowest BCUT2D eigenvalue weighted by Gasteiger charge is -2.04. The van der Waals surface area contributed by atoms with Crippen LogP contribution in [0.1, 0.15) is 27.2 Å². The Labute approximate surface area is 124 Å². The van der Waals surface area contributed by atoms with Crippen LogP contribution in [0, 0.1) is 18.8 Å². The lowest BCUT2D eigenvalue weighted by atomic mass is 10.1. The van der Waals surface area contributed by atoms with Crippen molar-refractivity contribution in [1.82, 2.24) is 15.1 Å². The topological polar surface area (TPSA) is 72.9 Å². The van der Waals surface area contributed by atoms with E-state index in [-0.39, 0.29) is 5.91 Å². The monoisotopic (exact) mass is 282 g/mol. The van der Waals surface area contributed by atoms with E-state index in [1.165, 1.54) is 0 Å². The zero-order valence-corrected chi connectivity index (χ0v) is 12.2. The van der Waals surface area contributed by atoms with Crippen molar-refractivity contribution in [2.45, 2.75) is 13.5 Å². The summed E-state index contributed by atoms with van der Waals surface area (Å²) in [5.74, 6) is 5.56. The molecular weight excluding hydrogens is 264 g/mol. The Kier molecular flexibility index (Phi) is 4.75. The Morgan fingerprint density at radius 3 is 2.95 bits per heavy atom. The first kappa shape index (κ1) is 14.8. The lowest BCUT2D eigenvalue weighted by molar-refractivity contribution is 0.0951. The van der Waals surface area contributed by atoms with E-state index >= 15 is 0 Å². The molecule has 21 heavy (non-hydrogen) atoms. The molecule has 0 fully saturated rings. The average Bonchev–Trinajstić information content (AvgIpc) is 2.81. The van der Waals surface area contributed by atoms with E-state index in [1.54, 1.807) is 16.8 Å². The molecule has 0 saturated carbocycles. The molecular formula is C16H18N4O. The highest BCUT2D eigenvalue weighted by atomic mass is 16.1. The van der Waals surface area contributed by atoms with Gasteiger partial charge in [0, 0.05) is 36.5 Å². The third-order valence-corrected chi connectivity index (χ3v) is 3.01. The third kappa shape index (κ3) is 3.94. The first-order valence-electron chi connectivity index (χ1n) is 6.66. The second kappa shape index (κ2) is 6.73. The number of benzene rings is 1. The average molecular weight is 282 g/mol. The van der Waals surface area contributed by atoms with Crippen LogP contribution in [0.2, 0.25) is 0 Å². The number of carbonyl (C=O) groups is 1. The summed E-state index contributed by atoms with van der Waals surface area (Å²) in [6, 6.07) is 7.18. The maximum Gasteiger partial charge on any atom is 0.251 e. The molecule has 0 unspecified atom stereocenters. The number of nitrogens with one attached hydrogen (secondary N) is 1. The van der Waals surface area contributed by atoms with Gasteiger partial charge < -0.3 is 11.1 Å². The quantitative estimate of drug-likeness (QED) is 0.824. The summed E-state index contributed by atoms with van der Waals surface area (Å²) in [7, 11) is 1.86. The van der Waals surface area contributed by atoms with Crippen molar-refractivity contribution in [2.75, 3.05) is 6.54 Å². The number of nitrogens with zero attached hydrogens (tertiary/aromatic N) is 2. The minimum atomic E-state index is -0.130. The molecule has 0 saturated heterocycles. The van der Waals surface area contributed by atoms with E-state index in [9.17, 15) is 4.79 Å². The number of nitrogens with two attached hydrogens (primary N) is 1. The van der Waals surface area contributed by atoms with Crippen molar-refractivity contribution >= 4 is 5.91 Å². The normalized spacial score (nSPS) is 9.86. The van der Waals surface area contributed by atoms with E-state index in [0.717, 1.165) is 16.8 Å². The molecule has 0 aliphatic carbocycles. The number of hydrogen-bond acceptors (Lipinski definition) is 3. The van der Waals surface area contributed by atoms with Crippen LogP contribution in [0.25, 0.3) is 0 Å². The van der Waals surface area contributed by atoms with Gasteiger partial charge in [-0.25, -0.2) is 0 Å². The molecule has 0 radical (unpaired) electrons. The van der Waals surface area contributed by atoms with Crippen molar-refractivity contribution in [1.29, 1.82) is 0 Å². The summed E-state index contributed by atoms with van der Waals surface area (Å²) in [4.78, 5) is 12.2. The van der Waals surface area contributed by atoms with E-state index in [0.29, 0.717) is 18.7 Å². The van der Waals surface area contributed by atoms with E-state index in [1.807, 2.05) is 32.3 Å². The number of aromatic nitrogens is 2. The van der Waals surface area contributed by atoms with Gasteiger partial charge in [-0.15, -0.1) is 0 Å². The molecule has 0 bridgehead atoms. The van der Waals surface area contributed by atoms with Gasteiger partial charge in [-0.2, -0.15) is 5.10 Å². The van der Waals surface area contributed by atoms with Gasteiger partial charge in [0.05, 0.1) is 12.2 Å². The van der Waals surface area contributed by atoms with Crippen LogP contribution >= 0.6 is 0 Å². The van der Waals surface area contributed by atoms with E-state index in [4.69, 9.17) is 5.73 Å². The molecule has 0 aliphatic rings. The fourth-order valence-electron chi connectivity index (χ4n) is 1.99. The Morgan fingerprint density at radius 2 is 2.29 bits per heavy atom. The van der Waals surface area contributed by atoms with Crippen LogP contribution in [0.4, 0.5) is 0 Å². The van der Waals surface area contributed by atoms with Gasteiger partial charge in [0.15, 0.2) is 0 Å². The first-order chi connectivity index (χ1) is 10.1. The molecule has 0 atom stereocenters. The van der Waals surface area contributed by atoms with Crippen LogP contribution < -0.4 is 11.1 Å². The Bertz CT molecular complexity index is 707. The van der Waals surface area contributed by atoms with Crippen molar-refractivity contribution in [3.05, 3.63) is 52.8 Å². The highest BCUT2D eigenvalue weighted by molar-refractivity contribution is 5.94. The summed E-state index contributed by atoms with van der Waals surface area (Å²) in [5.41, 5.74) is 8.63. The maximum atomic E-state index is 12.2. The van der Waals surface area contributed by atoms with Gasteiger partial charge in [-0.1, -0.05) is 17.9 Å². The smallest absolute Gasteiger partial charge is 0.251 e. The van der Waals surface area contributed by atoms with Gasteiger partial charge in [0.1, 0.15) is 0 Å². The number of carbonyl (C=O) groups excluding carboxylic acids is 1. The molecule has 1 aromatic heterocycles. The first-order valence-corrected chi connectivity index (χ1v) is 6.66. The largest absolute Gasteiger partial charge is 0.348 e. The van der Waals surface area contributed by atoms with E-state index in [2.05, 4.69) is 22.3 Å². The predicted molar refractivity (Wildman–Crippen MR) is 81.5 cm³/mol. The van der Waals surface area contributed by atoms with Gasteiger partial charge in [0.2, 0.25) is 0 Å². The van der Waals surface area contributed by atoms with Crippen LogP contribution in [-0.4, -0.2) is 22.2 Å². The summed E-state index contributed by atoms with van der Waals surface area (Å²) in [5, 5.41) is 7.13. The molecule has 2 rings (SSSR count). The van der Waals surface area contributed by atoms with Crippen LogP contribution in [0.3, 0.4) is 0 Å². The molecule has 1 aromatic carbocycles. The second-order valence-corrected chi connectivity index (χ2v) is 4.68. The molecule has 1 heterocycles. The molecule has 108 valence electrons. The molecule has 1 amide bonds. The minimum Gasteiger partial charge on any atom is -0.348 e. The Balaban J connectivity index is 2.05. The van der Waals surface area contributed by atoms with E-state index < -0.39 is 0 Å². The number of hydrogen-bond donors (Lipinski definition) is 2. The Morgan fingerprint density at radius 1 is 1.48 bits per heavy atom. The van der Waals surface area contributed by atoms with Crippen LogP contribution in [0.5, 0.6) is 0 Å². The fourth-order valence-corrected chi connectivity index (χ4v) is 1.99. The van der Waals surface area contributed by atoms with Gasteiger partial charge >= 0.3 is 0 Å². The van der Waals surface area contributed by atoms with Crippen molar-refractivity contribution in [3.63, 3.8) is 0 Å². The molecule has 5 nitrogen and oxygen atoms in total. The van der Waals surface area contributed by atoms with Crippen LogP contribution in [-0.2, 0) is 13.6 Å². The summed E-state index contributed by atoms with van der Waals surface area (Å²) in [6.07, 6.45) is 1.90. The minimum absolute atomic E-state index is 0.130. The molecule has 3 N–H and O–H groups in total. The highest BCUT2D eigenvalue weighted by Crippen LogP contribution is 2.07. The zero-order chi connectivity index (χ0) is 15.2. The fraction of sp³-hybridized carbons (Fsp3) is 0.250. The maximum absolute atomic E-state index is 12.2. The summed E-state index contributed by atoms with van der Waals surface area (Å²) < 4.78 is 1.74. The summed E-state index contributed by atoms with van der Waals surface area (Å²) >= 11 is 0. The molecule has 0 spiro atoms. The van der Waals surface area contributed by atoms with Gasteiger partial charge in [-0.3, -0.25) is 9.48 Å². The van der Waals surface area contributed by atoms with Crippen LogP contribution in [0.15, 0.2) is 30.5 Å². The number of amides is 1. The van der Waals surface area contributed by atoms with Gasteiger partial charge in [0.25, 0.3) is 5.91 Å². The zero-order valence-electron chi connectivity index (χ0n) is 12.2. The number of rotatable bonds is 3. The predicted octanol–water partition coefficient (Wildman–Crippen LogP) is 0.969. The van der Waals surface area contributed by atoms with Crippen molar-refractivity contribution < 1.29 is 4.79 Å². The molecule has 2 aromatic rings. The summed E-state index contributed by atoms with van der Waals surface area (Å²) in [6.45, 7) is 2.68. The SMILES string of the molecule is Cc1nn(C)cc1CNC(=O)c1cccc(C#CCN)c1. The standard InChI is InChI=1S/C16H18N4O/c1-12-15(11-20(2)19-12)10-18-16(21)14-7-3-5-13(9-14)6-4-8-17/h3,5,7,9,11H,8,10,17H2,1-2H3,(H,18,21). The van der Waals surface area contributed by atoms with Crippen molar-refractivity contribution in [2.24, 2.45) is 12.8 Å². The third-order valence-electron chi connectivity index (χ3n) is 3.01. The second-order valence-electron chi connectivity index (χ2n) is 4.68. The lowest BCUT2D eigenvalue weighted by Crippen LogP contribution is -2.23. The molecule has 5 heteroatoms. The highest BCUT2D eigenvalue weighted by Gasteiger charge is 2.08. The van der Waals surface area contributed by atoms with Crippen molar-refractivity contribution in [3.8, 4) is 11.8 Å². The Hall–Kier alpha value is -2.58. The van der Waals surface area contributed by atoms with Gasteiger partial charge in [-0.05, 0) is 25.1 Å². The molecule has 0 aliphatic heterocycles. The number of aryl methyl sites for hydroxylation is 2.